The van der Waals surface area contributed by atoms with Gasteiger partial charge in [0.2, 0.25) is 5.91 Å². The van der Waals surface area contributed by atoms with Crippen LogP contribution >= 0.6 is 0 Å². The smallest absolute Gasteiger partial charge is 0.305 e. The number of carbonyl (C=O) groups excluding carboxylic acids is 2. The van der Waals surface area contributed by atoms with Crippen molar-refractivity contribution in [2.75, 3.05) is 13.7 Å². The molecule has 0 aromatic heterocycles. The van der Waals surface area contributed by atoms with Crippen LogP contribution in [0.4, 0.5) is 0 Å². The number of rotatable bonds is 9. The molecule has 0 bridgehead atoms. The predicted molar refractivity (Wildman–Crippen MR) is 70.9 cm³/mol. The third kappa shape index (κ3) is 8.06. The maximum atomic E-state index is 11.5. The molecule has 0 aliphatic carbocycles. The Balaban J connectivity index is 3.41. The Morgan fingerprint density at radius 1 is 1.17 bits per heavy atom. The summed E-state index contributed by atoms with van der Waals surface area (Å²) in [7, 11) is 1.40. The second-order valence-corrected chi connectivity index (χ2v) is 4.68. The second kappa shape index (κ2) is 9.88. The first-order valence-corrected chi connectivity index (χ1v) is 6.59. The summed E-state index contributed by atoms with van der Waals surface area (Å²) < 4.78 is 4.55. The van der Waals surface area contributed by atoms with Gasteiger partial charge in [0, 0.05) is 24.9 Å². The Hall–Kier alpha value is -1.10. The van der Waals surface area contributed by atoms with E-state index in [4.69, 9.17) is 5.73 Å². The monoisotopic (exact) mass is 258 g/mol. The van der Waals surface area contributed by atoms with Gasteiger partial charge in [0.05, 0.1) is 7.11 Å². The van der Waals surface area contributed by atoms with E-state index in [9.17, 15) is 9.59 Å². The molecule has 0 radical (unpaired) electrons. The average molecular weight is 258 g/mol. The van der Waals surface area contributed by atoms with Gasteiger partial charge in [0.25, 0.3) is 0 Å². The molecule has 2 atom stereocenters. The molecule has 2 unspecified atom stereocenters. The topological polar surface area (TPSA) is 81.4 Å². The lowest BCUT2D eigenvalue weighted by molar-refractivity contribution is -0.140. The summed E-state index contributed by atoms with van der Waals surface area (Å²) in [6, 6.07) is -0.120. The SMILES string of the molecule is COC(=O)CCCCCCNC(=O)C(C)C(C)N. The van der Waals surface area contributed by atoms with Crippen molar-refractivity contribution < 1.29 is 14.3 Å². The highest BCUT2D eigenvalue weighted by molar-refractivity contribution is 5.78. The zero-order valence-corrected chi connectivity index (χ0v) is 11.7. The van der Waals surface area contributed by atoms with Crippen molar-refractivity contribution in [2.45, 2.75) is 52.0 Å². The zero-order valence-electron chi connectivity index (χ0n) is 11.7. The Labute approximate surface area is 109 Å². The van der Waals surface area contributed by atoms with E-state index in [0.717, 1.165) is 25.7 Å². The lowest BCUT2D eigenvalue weighted by atomic mass is 10.0. The van der Waals surface area contributed by atoms with Gasteiger partial charge < -0.3 is 15.8 Å². The quantitative estimate of drug-likeness (QED) is 0.481. The van der Waals surface area contributed by atoms with Crippen LogP contribution in [0.15, 0.2) is 0 Å². The molecule has 3 N–H and O–H groups in total. The first kappa shape index (κ1) is 16.9. The van der Waals surface area contributed by atoms with Crippen molar-refractivity contribution >= 4 is 11.9 Å². The van der Waals surface area contributed by atoms with E-state index in [0.29, 0.717) is 13.0 Å². The number of hydrogen-bond donors (Lipinski definition) is 2. The average Bonchev–Trinajstić information content (AvgIpc) is 2.35. The van der Waals surface area contributed by atoms with E-state index in [1.165, 1.54) is 7.11 Å². The summed E-state index contributed by atoms with van der Waals surface area (Å²) in [6.07, 6.45) is 4.23. The highest BCUT2D eigenvalue weighted by Crippen LogP contribution is 2.04. The minimum atomic E-state index is -0.158. The van der Waals surface area contributed by atoms with E-state index in [1.54, 1.807) is 0 Å². The molecule has 1 amide bonds. The number of esters is 1. The number of carbonyl (C=O) groups is 2. The molecule has 0 aromatic carbocycles. The highest BCUT2D eigenvalue weighted by Gasteiger charge is 2.15. The van der Waals surface area contributed by atoms with Gasteiger partial charge in [0.15, 0.2) is 0 Å². The second-order valence-electron chi connectivity index (χ2n) is 4.68. The van der Waals surface area contributed by atoms with Crippen LogP contribution in [-0.4, -0.2) is 31.6 Å². The standard InChI is InChI=1S/C13H26N2O3/c1-10(11(2)14)13(17)15-9-7-5-4-6-8-12(16)18-3/h10-11H,4-9,14H2,1-3H3,(H,15,17). The maximum absolute atomic E-state index is 11.5. The summed E-state index contributed by atoms with van der Waals surface area (Å²) in [5.74, 6) is -0.294. The van der Waals surface area contributed by atoms with Crippen molar-refractivity contribution in [3.63, 3.8) is 0 Å². The van der Waals surface area contributed by atoms with E-state index < -0.39 is 0 Å². The van der Waals surface area contributed by atoms with Gasteiger partial charge in [-0.1, -0.05) is 19.8 Å². The Bertz CT molecular complexity index is 255. The van der Waals surface area contributed by atoms with Crippen molar-refractivity contribution in [3.8, 4) is 0 Å². The largest absolute Gasteiger partial charge is 0.469 e. The molecule has 0 spiro atoms. The molecule has 5 nitrogen and oxygen atoms in total. The van der Waals surface area contributed by atoms with Gasteiger partial charge in [-0.25, -0.2) is 0 Å². The van der Waals surface area contributed by atoms with Crippen LogP contribution in [0.3, 0.4) is 0 Å². The van der Waals surface area contributed by atoms with Crippen LogP contribution in [-0.2, 0) is 14.3 Å². The minimum absolute atomic E-state index is 0.0135. The number of nitrogens with one attached hydrogen (secondary N) is 1. The summed E-state index contributed by atoms with van der Waals surface area (Å²) in [5, 5.41) is 2.86. The van der Waals surface area contributed by atoms with Gasteiger partial charge in [-0.05, 0) is 19.8 Å². The van der Waals surface area contributed by atoms with E-state index >= 15 is 0 Å². The van der Waals surface area contributed by atoms with Crippen LogP contribution in [0.1, 0.15) is 46.0 Å². The van der Waals surface area contributed by atoms with Crippen LogP contribution < -0.4 is 11.1 Å². The predicted octanol–water partition coefficient (Wildman–Crippen LogP) is 1.21. The molecule has 0 heterocycles. The van der Waals surface area contributed by atoms with E-state index in [1.807, 2.05) is 13.8 Å². The molecule has 0 aliphatic heterocycles. The Morgan fingerprint density at radius 3 is 2.33 bits per heavy atom. The number of amides is 1. The van der Waals surface area contributed by atoms with Gasteiger partial charge in [0.1, 0.15) is 0 Å². The van der Waals surface area contributed by atoms with Crippen LogP contribution in [0.2, 0.25) is 0 Å². The van der Waals surface area contributed by atoms with Crippen LogP contribution in [0.25, 0.3) is 0 Å². The van der Waals surface area contributed by atoms with Gasteiger partial charge >= 0.3 is 5.97 Å². The number of ether oxygens (including phenoxy) is 1. The van der Waals surface area contributed by atoms with Crippen molar-refractivity contribution in [2.24, 2.45) is 11.7 Å². The first-order chi connectivity index (χ1) is 8.49. The molecule has 0 aromatic rings. The third-order valence-electron chi connectivity index (χ3n) is 3.04. The fourth-order valence-corrected chi connectivity index (χ4v) is 1.46. The highest BCUT2D eigenvalue weighted by atomic mass is 16.5. The van der Waals surface area contributed by atoms with E-state index in [-0.39, 0.29) is 23.8 Å². The fourth-order valence-electron chi connectivity index (χ4n) is 1.46. The van der Waals surface area contributed by atoms with E-state index in [2.05, 4.69) is 10.1 Å². The molecule has 0 saturated heterocycles. The summed E-state index contributed by atoms with van der Waals surface area (Å²) in [6.45, 7) is 4.33. The maximum Gasteiger partial charge on any atom is 0.305 e. The van der Waals surface area contributed by atoms with Crippen molar-refractivity contribution in [3.05, 3.63) is 0 Å². The normalized spacial score (nSPS) is 13.8. The lowest BCUT2D eigenvalue weighted by Crippen LogP contribution is -2.38. The summed E-state index contributed by atoms with van der Waals surface area (Å²) in [5.41, 5.74) is 5.64. The lowest BCUT2D eigenvalue weighted by Gasteiger charge is -2.15. The molecular formula is C13H26N2O3. The number of unbranched alkanes of at least 4 members (excludes halogenated alkanes) is 3. The van der Waals surface area contributed by atoms with Crippen LogP contribution in [0.5, 0.6) is 0 Å². The molecule has 0 rings (SSSR count). The summed E-state index contributed by atoms with van der Waals surface area (Å²) in [4.78, 5) is 22.4. The molecule has 0 fully saturated rings. The zero-order chi connectivity index (χ0) is 14.0. The molecule has 0 saturated carbocycles. The minimum Gasteiger partial charge on any atom is -0.469 e. The number of nitrogens with two attached hydrogens (primary N) is 1. The molecule has 18 heavy (non-hydrogen) atoms. The van der Waals surface area contributed by atoms with Crippen LogP contribution in [0, 0.1) is 5.92 Å². The third-order valence-corrected chi connectivity index (χ3v) is 3.04. The molecule has 5 heteroatoms. The Morgan fingerprint density at radius 2 is 1.78 bits per heavy atom. The van der Waals surface area contributed by atoms with Gasteiger partial charge in [-0.15, -0.1) is 0 Å². The molecular weight excluding hydrogens is 232 g/mol. The molecule has 0 aliphatic rings. The number of methoxy groups -OCH3 is 1. The number of hydrogen-bond acceptors (Lipinski definition) is 4. The summed E-state index contributed by atoms with van der Waals surface area (Å²) >= 11 is 0. The fraction of sp³-hybridized carbons (Fsp3) is 0.846. The van der Waals surface area contributed by atoms with Gasteiger partial charge in [-0.3, -0.25) is 9.59 Å². The van der Waals surface area contributed by atoms with Gasteiger partial charge in [-0.2, -0.15) is 0 Å². The first-order valence-electron chi connectivity index (χ1n) is 6.59. The van der Waals surface area contributed by atoms with Crippen molar-refractivity contribution in [1.29, 1.82) is 0 Å². The molecule has 106 valence electrons. The Kier molecular flexibility index (Phi) is 9.28. The van der Waals surface area contributed by atoms with Crippen molar-refractivity contribution in [1.82, 2.24) is 5.32 Å².